The maximum Gasteiger partial charge on any atom is 0.326 e. The summed E-state index contributed by atoms with van der Waals surface area (Å²) in [6.45, 7) is 2.00. The van der Waals surface area contributed by atoms with E-state index in [1.807, 2.05) is 6.92 Å². The monoisotopic (exact) mass is 268 g/mol. The van der Waals surface area contributed by atoms with Crippen LogP contribution in [-0.4, -0.2) is 39.0 Å². The number of amides is 1. The van der Waals surface area contributed by atoms with Crippen molar-refractivity contribution in [3.63, 3.8) is 0 Å². The molecule has 0 aliphatic carbocycles. The van der Waals surface area contributed by atoms with Gasteiger partial charge in [-0.25, -0.2) is 9.78 Å². The van der Waals surface area contributed by atoms with Crippen LogP contribution in [0.2, 0.25) is 0 Å². The lowest BCUT2D eigenvalue weighted by atomic mass is 10.1. The van der Waals surface area contributed by atoms with E-state index in [1.54, 1.807) is 0 Å². The Bertz CT molecular complexity index is 405. The third-order valence-corrected chi connectivity index (χ3v) is 2.80. The van der Waals surface area contributed by atoms with E-state index in [0.717, 1.165) is 12.8 Å². The second-order valence-corrected chi connectivity index (χ2v) is 4.43. The zero-order chi connectivity index (χ0) is 14.3. The molecule has 0 aromatic carbocycles. The molecular formula is C12H20N4O3. The molecule has 1 rings (SSSR count). The van der Waals surface area contributed by atoms with E-state index in [0.29, 0.717) is 12.1 Å². The van der Waals surface area contributed by atoms with Crippen molar-refractivity contribution < 1.29 is 14.7 Å². The average Bonchev–Trinajstić information content (AvgIpc) is 2.87. The fourth-order valence-electron chi connectivity index (χ4n) is 1.65. The number of aromatic amines is 1. The number of aromatic nitrogens is 2. The number of nitrogens with zero attached hydrogens (tertiary/aromatic N) is 1. The number of carboxylic acids is 1. The van der Waals surface area contributed by atoms with Crippen molar-refractivity contribution in [2.45, 2.75) is 44.7 Å². The molecule has 0 aliphatic heterocycles. The van der Waals surface area contributed by atoms with E-state index >= 15 is 0 Å². The van der Waals surface area contributed by atoms with Crippen molar-refractivity contribution in [2.75, 3.05) is 0 Å². The van der Waals surface area contributed by atoms with Crippen molar-refractivity contribution in [1.82, 2.24) is 15.3 Å². The summed E-state index contributed by atoms with van der Waals surface area (Å²) < 4.78 is 0. The van der Waals surface area contributed by atoms with Gasteiger partial charge < -0.3 is 21.1 Å². The number of carboxylic acid groups (broad SMARTS) is 1. The quantitative estimate of drug-likeness (QED) is 0.530. The van der Waals surface area contributed by atoms with Gasteiger partial charge in [0.15, 0.2) is 0 Å². The lowest BCUT2D eigenvalue weighted by Gasteiger charge is -2.17. The topological polar surface area (TPSA) is 121 Å². The fourth-order valence-corrected chi connectivity index (χ4v) is 1.65. The van der Waals surface area contributed by atoms with Gasteiger partial charge >= 0.3 is 5.97 Å². The first-order valence-corrected chi connectivity index (χ1v) is 6.30. The molecule has 2 atom stereocenters. The molecular weight excluding hydrogens is 248 g/mol. The Kier molecular flexibility index (Phi) is 6.01. The van der Waals surface area contributed by atoms with Crippen LogP contribution in [0.1, 0.15) is 31.9 Å². The van der Waals surface area contributed by atoms with Gasteiger partial charge in [0.25, 0.3) is 0 Å². The molecule has 0 bridgehead atoms. The highest BCUT2D eigenvalue weighted by Gasteiger charge is 2.23. The molecule has 0 spiro atoms. The Morgan fingerprint density at radius 1 is 1.58 bits per heavy atom. The zero-order valence-corrected chi connectivity index (χ0v) is 10.9. The highest BCUT2D eigenvalue weighted by Crippen LogP contribution is 2.02. The maximum atomic E-state index is 11.8. The third-order valence-electron chi connectivity index (χ3n) is 2.80. The fraction of sp³-hybridized carbons (Fsp3) is 0.583. The lowest BCUT2D eigenvalue weighted by molar-refractivity contribution is -0.142. The van der Waals surface area contributed by atoms with Crippen LogP contribution in [0.15, 0.2) is 12.5 Å². The summed E-state index contributed by atoms with van der Waals surface area (Å²) in [7, 11) is 0. The Morgan fingerprint density at radius 3 is 2.84 bits per heavy atom. The molecule has 1 unspecified atom stereocenters. The standard InChI is InChI=1S/C12H20N4O3/c1-2-3-4-9(13)11(17)16-10(12(18)19)5-8-6-14-7-15-8/h6-7,9-10H,2-5,13H2,1H3,(H,14,15)(H,16,17)(H,18,19)/t9-,10?/m0/s1. The lowest BCUT2D eigenvalue weighted by Crippen LogP contribution is -2.49. The summed E-state index contributed by atoms with van der Waals surface area (Å²) in [5, 5.41) is 11.5. The SMILES string of the molecule is CCCC[C@H](N)C(=O)NC(Cc1cnc[nH]1)C(=O)O. The van der Waals surface area contributed by atoms with Crippen LogP contribution in [0.5, 0.6) is 0 Å². The number of unbranched alkanes of at least 4 members (excludes halogenated alkanes) is 1. The number of aliphatic carboxylic acids is 1. The second kappa shape index (κ2) is 7.52. The van der Waals surface area contributed by atoms with Crippen LogP contribution in [0, 0.1) is 0 Å². The molecule has 0 radical (unpaired) electrons. The molecule has 0 fully saturated rings. The smallest absolute Gasteiger partial charge is 0.326 e. The summed E-state index contributed by atoms with van der Waals surface area (Å²) in [5.41, 5.74) is 6.35. The number of hydrogen-bond acceptors (Lipinski definition) is 4. The van der Waals surface area contributed by atoms with Gasteiger partial charge in [0.05, 0.1) is 12.4 Å². The molecule has 0 aliphatic rings. The number of nitrogens with two attached hydrogens (primary N) is 1. The van der Waals surface area contributed by atoms with Gasteiger partial charge in [0.2, 0.25) is 5.91 Å². The molecule has 19 heavy (non-hydrogen) atoms. The molecule has 1 amide bonds. The predicted molar refractivity (Wildman–Crippen MR) is 69.4 cm³/mol. The first-order valence-electron chi connectivity index (χ1n) is 6.30. The number of carbonyl (C=O) groups excluding carboxylic acids is 1. The number of imidazole rings is 1. The van der Waals surface area contributed by atoms with Crippen LogP contribution < -0.4 is 11.1 Å². The zero-order valence-electron chi connectivity index (χ0n) is 10.9. The Morgan fingerprint density at radius 2 is 2.32 bits per heavy atom. The summed E-state index contributed by atoms with van der Waals surface area (Å²) in [6.07, 6.45) is 5.48. The van der Waals surface area contributed by atoms with Crippen molar-refractivity contribution >= 4 is 11.9 Å². The van der Waals surface area contributed by atoms with Crippen molar-refractivity contribution in [2.24, 2.45) is 5.73 Å². The van der Waals surface area contributed by atoms with Gasteiger partial charge in [0.1, 0.15) is 6.04 Å². The number of rotatable bonds is 8. The van der Waals surface area contributed by atoms with Crippen LogP contribution in [0.3, 0.4) is 0 Å². The predicted octanol–water partition coefficient (Wildman–Crippen LogP) is 0.0391. The van der Waals surface area contributed by atoms with E-state index < -0.39 is 24.0 Å². The normalized spacial score (nSPS) is 13.8. The van der Waals surface area contributed by atoms with Gasteiger partial charge in [-0.2, -0.15) is 0 Å². The molecule has 0 saturated heterocycles. The third kappa shape index (κ3) is 5.09. The Labute approximate surface area is 111 Å². The van der Waals surface area contributed by atoms with Crippen LogP contribution in [-0.2, 0) is 16.0 Å². The molecule has 0 saturated carbocycles. The number of nitrogens with one attached hydrogen (secondary N) is 2. The first kappa shape index (κ1) is 15.2. The Balaban J connectivity index is 2.53. The second-order valence-electron chi connectivity index (χ2n) is 4.43. The highest BCUT2D eigenvalue weighted by atomic mass is 16.4. The van der Waals surface area contributed by atoms with Gasteiger partial charge in [-0.05, 0) is 6.42 Å². The van der Waals surface area contributed by atoms with Gasteiger partial charge in [-0.15, -0.1) is 0 Å². The van der Waals surface area contributed by atoms with E-state index in [2.05, 4.69) is 15.3 Å². The van der Waals surface area contributed by atoms with Crippen molar-refractivity contribution in [3.8, 4) is 0 Å². The van der Waals surface area contributed by atoms with Crippen molar-refractivity contribution in [1.29, 1.82) is 0 Å². The summed E-state index contributed by atoms with van der Waals surface area (Å²) in [5.74, 6) is -1.52. The molecule has 1 aromatic heterocycles. The van der Waals surface area contributed by atoms with E-state index in [1.165, 1.54) is 12.5 Å². The first-order chi connectivity index (χ1) is 9.04. The minimum atomic E-state index is -1.09. The summed E-state index contributed by atoms with van der Waals surface area (Å²) in [6, 6.07) is -1.66. The van der Waals surface area contributed by atoms with Crippen LogP contribution >= 0.6 is 0 Å². The Hall–Kier alpha value is -1.89. The average molecular weight is 268 g/mol. The van der Waals surface area contributed by atoms with E-state index in [4.69, 9.17) is 10.8 Å². The summed E-state index contributed by atoms with van der Waals surface area (Å²) >= 11 is 0. The van der Waals surface area contributed by atoms with Crippen molar-refractivity contribution in [3.05, 3.63) is 18.2 Å². The van der Waals surface area contributed by atoms with Gasteiger partial charge in [0, 0.05) is 18.3 Å². The van der Waals surface area contributed by atoms with Gasteiger partial charge in [-0.3, -0.25) is 4.79 Å². The van der Waals surface area contributed by atoms with Gasteiger partial charge in [-0.1, -0.05) is 19.8 Å². The number of H-pyrrole nitrogens is 1. The van der Waals surface area contributed by atoms with Crippen LogP contribution in [0.25, 0.3) is 0 Å². The minimum absolute atomic E-state index is 0.154. The number of hydrogen-bond donors (Lipinski definition) is 4. The summed E-state index contributed by atoms with van der Waals surface area (Å²) in [4.78, 5) is 29.5. The molecule has 106 valence electrons. The van der Waals surface area contributed by atoms with Crippen LogP contribution in [0.4, 0.5) is 0 Å². The maximum absolute atomic E-state index is 11.8. The molecule has 7 nitrogen and oxygen atoms in total. The number of carbonyl (C=O) groups is 2. The largest absolute Gasteiger partial charge is 0.480 e. The highest BCUT2D eigenvalue weighted by molar-refractivity contribution is 5.86. The molecule has 1 heterocycles. The minimum Gasteiger partial charge on any atom is -0.480 e. The molecule has 1 aromatic rings. The van der Waals surface area contributed by atoms with E-state index in [-0.39, 0.29) is 6.42 Å². The van der Waals surface area contributed by atoms with E-state index in [9.17, 15) is 9.59 Å². The molecule has 5 N–H and O–H groups in total. The molecule has 7 heteroatoms.